The van der Waals surface area contributed by atoms with Crippen molar-refractivity contribution in [1.82, 2.24) is 9.88 Å². The van der Waals surface area contributed by atoms with Gasteiger partial charge in [0.1, 0.15) is 6.04 Å². The molecule has 1 aromatic heterocycles. The van der Waals surface area contributed by atoms with Gasteiger partial charge in [-0.25, -0.2) is 4.98 Å². The molecule has 2 aromatic carbocycles. The molecule has 176 valence electrons. The van der Waals surface area contributed by atoms with Crippen molar-refractivity contribution in [3.8, 4) is 11.3 Å². The largest absolute Gasteiger partial charge is 0.331 e. The zero-order valence-electron chi connectivity index (χ0n) is 19.4. The Bertz CT molecular complexity index is 1120. The molecule has 6 heteroatoms. The topological polar surface area (TPSA) is 62.3 Å². The van der Waals surface area contributed by atoms with Crippen molar-refractivity contribution < 1.29 is 9.59 Å². The minimum atomic E-state index is -0.393. The molecule has 1 unspecified atom stereocenters. The molecule has 2 aliphatic rings. The highest BCUT2D eigenvalue weighted by Gasteiger charge is 2.35. The highest BCUT2D eigenvalue weighted by molar-refractivity contribution is 7.16. The van der Waals surface area contributed by atoms with Crippen LogP contribution >= 0.6 is 11.3 Å². The first-order valence-electron chi connectivity index (χ1n) is 12.4. The maximum atomic E-state index is 13.2. The molecular weight excluding hydrogens is 442 g/mol. The van der Waals surface area contributed by atoms with E-state index >= 15 is 0 Å². The van der Waals surface area contributed by atoms with Crippen LogP contribution in [0.1, 0.15) is 55.4 Å². The fourth-order valence-corrected chi connectivity index (χ4v) is 6.25. The molecule has 34 heavy (non-hydrogen) atoms. The average Bonchev–Trinajstić information content (AvgIpc) is 3.62. The Morgan fingerprint density at radius 1 is 0.941 bits per heavy atom. The third kappa shape index (κ3) is 5.22. The lowest BCUT2D eigenvalue weighted by Gasteiger charge is -2.24. The summed E-state index contributed by atoms with van der Waals surface area (Å²) >= 11 is 1.53. The lowest BCUT2D eigenvalue weighted by molar-refractivity contribution is -0.137. The summed E-state index contributed by atoms with van der Waals surface area (Å²) < 4.78 is 0. The molecule has 0 radical (unpaired) electrons. The quantitative estimate of drug-likeness (QED) is 0.464. The fraction of sp³-hybridized carbons (Fsp3) is 0.393. The van der Waals surface area contributed by atoms with Crippen molar-refractivity contribution in [2.24, 2.45) is 5.92 Å². The first-order valence-corrected chi connectivity index (χ1v) is 13.2. The van der Waals surface area contributed by atoms with E-state index in [1.807, 2.05) is 41.3 Å². The van der Waals surface area contributed by atoms with Crippen LogP contribution in [0.4, 0.5) is 5.13 Å². The number of aromatic nitrogens is 1. The lowest BCUT2D eigenvalue weighted by atomic mass is 10.0. The van der Waals surface area contributed by atoms with Gasteiger partial charge in [0.25, 0.3) is 0 Å². The van der Waals surface area contributed by atoms with Gasteiger partial charge in [-0.1, -0.05) is 73.5 Å². The third-order valence-corrected chi connectivity index (χ3v) is 7.97. The zero-order chi connectivity index (χ0) is 23.3. The second-order valence-electron chi connectivity index (χ2n) is 9.41. The van der Waals surface area contributed by atoms with Crippen LogP contribution in [0.2, 0.25) is 0 Å². The molecule has 2 heterocycles. The van der Waals surface area contributed by atoms with E-state index in [4.69, 9.17) is 4.98 Å². The van der Waals surface area contributed by atoms with Gasteiger partial charge in [0.05, 0.1) is 5.69 Å². The summed E-state index contributed by atoms with van der Waals surface area (Å²) in [4.78, 5) is 33.9. The molecule has 5 nitrogen and oxygen atoms in total. The number of carbonyl (C=O) groups is 2. The minimum absolute atomic E-state index is 0.114. The number of nitrogens with zero attached hydrogens (tertiary/aromatic N) is 2. The number of hydrogen-bond donors (Lipinski definition) is 1. The molecule has 1 N–H and O–H groups in total. The van der Waals surface area contributed by atoms with Gasteiger partial charge in [-0.2, -0.15) is 0 Å². The van der Waals surface area contributed by atoms with Gasteiger partial charge in [-0.05, 0) is 37.2 Å². The molecule has 1 atom stereocenters. The predicted octanol–water partition coefficient (Wildman–Crippen LogP) is 5.91. The number of anilines is 1. The molecule has 0 spiro atoms. The van der Waals surface area contributed by atoms with Crippen molar-refractivity contribution >= 4 is 28.3 Å². The number of amides is 2. The van der Waals surface area contributed by atoms with E-state index < -0.39 is 6.04 Å². The average molecular weight is 474 g/mol. The number of likely N-dealkylation sites (tertiary alicyclic amines) is 1. The van der Waals surface area contributed by atoms with Gasteiger partial charge < -0.3 is 10.2 Å². The van der Waals surface area contributed by atoms with Crippen molar-refractivity contribution in [3.05, 3.63) is 71.1 Å². The summed E-state index contributed by atoms with van der Waals surface area (Å²) in [6, 6.07) is 20.0. The van der Waals surface area contributed by atoms with Gasteiger partial charge in [0.2, 0.25) is 11.8 Å². The Labute approximate surface area is 205 Å². The van der Waals surface area contributed by atoms with Crippen LogP contribution in [0, 0.1) is 5.92 Å². The fourth-order valence-electron chi connectivity index (χ4n) is 5.23. The Balaban J connectivity index is 1.33. The highest BCUT2D eigenvalue weighted by atomic mass is 32.1. The standard InChI is InChI=1S/C28H31N3O2S/c32-25(19-21-12-7-8-13-21)31-17-9-16-23(31)27(33)30-28-29-26(22-14-5-2-6-15-22)24(34-28)18-20-10-3-1-4-11-20/h1-6,10-11,14-15,21,23H,7-9,12-13,16-19H2,(H,29,30,33). The molecule has 2 fully saturated rings. The summed E-state index contributed by atoms with van der Waals surface area (Å²) in [5.74, 6) is 0.514. The maximum absolute atomic E-state index is 13.2. The second-order valence-corrected chi connectivity index (χ2v) is 10.5. The first kappa shape index (κ1) is 22.8. The second kappa shape index (κ2) is 10.5. The Kier molecular flexibility index (Phi) is 7.05. The molecule has 5 rings (SSSR count). The van der Waals surface area contributed by atoms with Gasteiger partial charge in [-0.15, -0.1) is 11.3 Å². The van der Waals surface area contributed by atoms with E-state index in [1.165, 1.54) is 29.7 Å². The monoisotopic (exact) mass is 473 g/mol. The van der Waals surface area contributed by atoms with Crippen LogP contribution in [-0.4, -0.2) is 34.3 Å². The Morgan fingerprint density at radius 2 is 1.65 bits per heavy atom. The van der Waals surface area contributed by atoms with Crippen LogP contribution in [0.15, 0.2) is 60.7 Å². The number of carbonyl (C=O) groups excluding carboxylic acids is 2. The predicted molar refractivity (Wildman–Crippen MR) is 137 cm³/mol. The van der Waals surface area contributed by atoms with E-state index in [9.17, 15) is 9.59 Å². The molecule has 1 aliphatic heterocycles. The summed E-state index contributed by atoms with van der Waals surface area (Å²) in [6.45, 7) is 0.677. The summed E-state index contributed by atoms with van der Waals surface area (Å²) in [5.41, 5.74) is 3.16. The van der Waals surface area contributed by atoms with Crippen molar-refractivity contribution in [2.75, 3.05) is 11.9 Å². The smallest absolute Gasteiger partial charge is 0.248 e. The molecule has 3 aromatic rings. The van der Waals surface area contributed by atoms with Crippen LogP contribution in [0.3, 0.4) is 0 Å². The first-order chi connectivity index (χ1) is 16.7. The molecule has 1 aliphatic carbocycles. The van der Waals surface area contributed by atoms with Gasteiger partial charge >= 0.3 is 0 Å². The van der Waals surface area contributed by atoms with Gasteiger partial charge in [0, 0.05) is 29.8 Å². The number of hydrogen-bond acceptors (Lipinski definition) is 4. The summed E-state index contributed by atoms with van der Waals surface area (Å²) in [6.07, 6.45) is 7.66. The Hall–Kier alpha value is -2.99. The zero-order valence-corrected chi connectivity index (χ0v) is 20.2. The third-order valence-electron chi connectivity index (χ3n) is 7.00. The molecular formula is C28H31N3O2S. The SMILES string of the molecule is O=C(Nc1nc(-c2ccccc2)c(Cc2ccccc2)s1)C1CCCN1C(=O)CC1CCCC1. The molecule has 1 saturated carbocycles. The van der Waals surface area contributed by atoms with Crippen molar-refractivity contribution in [3.63, 3.8) is 0 Å². The summed E-state index contributed by atoms with van der Waals surface area (Å²) in [5, 5.41) is 3.66. The van der Waals surface area contributed by atoms with Crippen LogP contribution in [0.5, 0.6) is 0 Å². The van der Waals surface area contributed by atoms with E-state index in [-0.39, 0.29) is 11.8 Å². The van der Waals surface area contributed by atoms with E-state index in [0.29, 0.717) is 24.0 Å². The van der Waals surface area contributed by atoms with E-state index in [0.717, 1.165) is 48.2 Å². The Morgan fingerprint density at radius 3 is 2.38 bits per heavy atom. The van der Waals surface area contributed by atoms with Crippen molar-refractivity contribution in [1.29, 1.82) is 0 Å². The number of nitrogens with one attached hydrogen (secondary N) is 1. The normalized spacial score (nSPS) is 18.4. The molecule has 2 amide bonds. The number of rotatable bonds is 7. The molecule has 1 saturated heterocycles. The van der Waals surface area contributed by atoms with Crippen LogP contribution in [-0.2, 0) is 16.0 Å². The number of benzene rings is 2. The minimum Gasteiger partial charge on any atom is -0.331 e. The van der Waals surface area contributed by atoms with Gasteiger partial charge in [-0.3, -0.25) is 9.59 Å². The number of thiazole rings is 1. The van der Waals surface area contributed by atoms with Crippen LogP contribution in [0.25, 0.3) is 11.3 Å². The van der Waals surface area contributed by atoms with E-state index in [2.05, 4.69) is 29.6 Å². The summed E-state index contributed by atoms with van der Waals surface area (Å²) in [7, 11) is 0. The molecule has 0 bridgehead atoms. The van der Waals surface area contributed by atoms with E-state index in [1.54, 1.807) is 0 Å². The van der Waals surface area contributed by atoms with Crippen LogP contribution < -0.4 is 5.32 Å². The van der Waals surface area contributed by atoms with Crippen molar-refractivity contribution in [2.45, 2.75) is 57.4 Å². The van der Waals surface area contributed by atoms with Gasteiger partial charge in [0.15, 0.2) is 5.13 Å². The highest BCUT2D eigenvalue weighted by Crippen LogP contribution is 2.34. The lowest BCUT2D eigenvalue weighted by Crippen LogP contribution is -2.43. The maximum Gasteiger partial charge on any atom is 0.248 e.